The Balaban J connectivity index is 2.01. The number of para-hydroxylation sites is 1. The number of hydrogen-bond acceptors (Lipinski definition) is 3. The van der Waals surface area contributed by atoms with Crippen molar-refractivity contribution in [3.8, 4) is 5.75 Å². The third-order valence-corrected chi connectivity index (χ3v) is 4.21. The van der Waals surface area contributed by atoms with Gasteiger partial charge in [0.15, 0.2) is 0 Å². The second-order valence-electron chi connectivity index (χ2n) is 6.38. The van der Waals surface area contributed by atoms with E-state index in [1.165, 1.54) is 0 Å². The molecular formula is C18H27NO3. The van der Waals surface area contributed by atoms with Crippen molar-refractivity contribution >= 4 is 5.97 Å². The van der Waals surface area contributed by atoms with Crippen molar-refractivity contribution in [3.05, 3.63) is 29.8 Å². The summed E-state index contributed by atoms with van der Waals surface area (Å²) >= 11 is 0. The first-order valence-electron chi connectivity index (χ1n) is 8.26. The van der Waals surface area contributed by atoms with E-state index in [2.05, 4.69) is 24.8 Å². The fourth-order valence-corrected chi connectivity index (χ4v) is 3.11. The van der Waals surface area contributed by atoms with Crippen molar-refractivity contribution in [2.45, 2.75) is 39.7 Å². The molecule has 0 bridgehead atoms. The lowest BCUT2D eigenvalue weighted by Crippen LogP contribution is -2.42. The van der Waals surface area contributed by atoms with Crippen molar-refractivity contribution in [2.75, 3.05) is 19.7 Å². The highest BCUT2D eigenvalue weighted by Crippen LogP contribution is 2.26. The van der Waals surface area contributed by atoms with Gasteiger partial charge in [0.2, 0.25) is 0 Å². The summed E-state index contributed by atoms with van der Waals surface area (Å²) in [5, 5.41) is 9.29. The molecule has 1 heterocycles. The van der Waals surface area contributed by atoms with Crippen LogP contribution in [0.15, 0.2) is 24.3 Å². The Labute approximate surface area is 133 Å². The number of likely N-dealkylation sites (tertiary alicyclic amines) is 1. The van der Waals surface area contributed by atoms with Gasteiger partial charge in [0.25, 0.3) is 0 Å². The van der Waals surface area contributed by atoms with Gasteiger partial charge in [0.1, 0.15) is 5.75 Å². The first-order chi connectivity index (χ1) is 10.6. The first-order valence-corrected chi connectivity index (χ1v) is 8.26. The molecule has 1 N–H and O–H groups in total. The number of ether oxygens (including phenoxy) is 1. The molecule has 22 heavy (non-hydrogen) atoms. The fraction of sp³-hybridized carbons (Fsp3) is 0.611. The van der Waals surface area contributed by atoms with Crippen molar-refractivity contribution in [1.29, 1.82) is 0 Å². The fourth-order valence-electron chi connectivity index (χ4n) is 3.11. The molecule has 0 amide bonds. The summed E-state index contributed by atoms with van der Waals surface area (Å²) < 4.78 is 5.88. The summed E-state index contributed by atoms with van der Waals surface area (Å²) in [6.07, 6.45) is 2.95. The second kappa shape index (κ2) is 8.18. The molecule has 2 rings (SSSR count). The maximum Gasteiger partial charge on any atom is 0.307 e. The van der Waals surface area contributed by atoms with Gasteiger partial charge in [-0.25, -0.2) is 0 Å². The summed E-state index contributed by atoms with van der Waals surface area (Å²) in [7, 11) is 0. The zero-order chi connectivity index (χ0) is 15.9. The van der Waals surface area contributed by atoms with Crippen LogP contribution in [-0.4, -0.2) is 35.7 Å². The lowest BCUT2D eigenvalue weighted by molar-refractivity contribution is -0.144. The maximum absolute atomic E-state index is 11.3. The van der Waals surface area contributed by atoms with Crippen LogP contribution in [0.2, 0.25) is 0 Å². The van der Waals surface area contributed by atoms with Gasteiger partial charge in [0.05, 0.1) is 12.5 Å². The van der Waals surface area contributed by atoms with Gasteiger partial charge in [-0.3, -0.25) is 9.69 Å². The Hall–Kier alpha value is -1.55. The van der Waals surface area contributed by atoms with Gasteiger partial charge in [-0.2, -0.15) is 0 Å². The summed E-state index contributed by atoms with van der Waals surface area (Å²) in [6.45, 7) is 7.36. The van der Waals surface area contributed by atoms with E-state index in [0.29, 0.717) is 12.5 Å². The molecule has 1 aromatic rings. The molecule has 0 aromatic heterocycles. The molecule has 1 saturated heterocycles. The molecule has 4 nitrogen and oxygen atoms in total. The Kier molecular flexibility index (Phi) is 6.25. The van der Waals surface area contributed by atoms with Crippen LogP contribution in [0.25, 0.3) is 0 Å². The number of piperidine rings is 1. The summed E-state index contributed by atoms with van der Waals surface area (Å²) in [5.74, 6) is 0.421. The molecule has 1 aromatic carbocycles. The van der Waals surface area contributed by atoms with E-state index in [1.807, 2.05) is 18.2 Å². The number of carboxylic acids is 1. The zero-order valence-corrected chi connectivity index (χ0v) is 13.6. The zero-order valence-electron chi connectivity index (χ0n) is 13.6. The normalized spacial score (nSPS) is 22.5. The van der Waals surface area contributed by atoms with E-state index < -0.39 is 5.97 Å². The number of hydrogen-bond donors (Lipinski definition) is 1. The molecule has 0 radical (unpaired) electrons. The summed E-state index contributed by atoms with van der Waals surface area (Å²) in [5.41, 5.74) is 1.15. The number of nitrogens with zero attached hydrogens (tertiary/aromatic N) is 1. The highest BCUT2D eigenvalue weighted by atomic mass is 16.5. The predicted molar refractivity (Wildman–Crippen MR) is 87.0 cm³/mol. The minimum absolute atomic E-state index is 0.253. The lowest BCUT2D eigenvalue weighted by atomic mass is 9.90. The molecule has 0 spiro atoms. The third-order valence-electron chi connectivity index (χ3n) is 4.21. The lowest BCUT2D eigenvalue weighted by Gasteiger charge is -2.34. The maximum atomic E-state index is 11.3. The highest BCUT2D eigenvalue weighted by molar-refractivity contribution is 5.70. The number of carboxylic acid groups (broad SMARTS) is 1. The smallest absolute Gasteiger partial charge is 0.307 e. The molecule has 4 heteroatoms. The molecule has 2 unspecified atom stereocenters. The molecule has 1 aliphatic heterocycles. The molecule has 122 valence electrons. The number of carbonyl (C=O) groups is 1. The molecular weight excluding hydrogens is 278 g/mol. The van der Waals surface area contributed by atoms with Crippen LogP contribution >= 0.6 is 0 Å². The number of aliphatic carboxylic acids is 1. The average Bonchev–Trinajstić information content (AvgIpc) is 2.48. The molecule has 0 saturated carbocycles. The van der Waals surface area contributed by atoms with Crippen LogP contribution in [0.1, 0.15) is 38.7 Å². The van der Waals surface area contributed by atoms with E-state index in [-0.39, 0.29) is 5.92 Å². The van der Waals surface area contributed by atoms with Crippen LogP contribution in [0, 0.1) is 11.8 Å². The monoisotopic (exact) mass is 305 g/mol. The predicted octanol–water partition coefficient (Wildman–Crippen LogP) is 3.41. The molecule has 0 aliphatic carbocycles. The largest absolute Gasteiger partial charge is 0.493 e. The Bertz CT molecular complexity index is 489. The van der Waals surface area contributed by atoms with Gasteiger partial charge in [-0.1, -0.05) is 38.5 Å². The Morgan fingerprint density at radius 2 is 2.14 bits per heavy atom. The van der Waals surface area contributed by atoms with E-state index >= 15 is 0 Å². The minimum atomic E-state index is -0.677. The Morgan fingerprint density at radius 1 is 1.36 bits per heavy atom. The second-order valence-corrected chi connectivity index (χ2v) is 6.38. The number of benzene rings is 1. The van der Waals surface area contributed by atoms with E-state index in [1.54, 1.807) is 0 Å². The van der Waals surface area contributed by atoms with Crippen molar-refractivity contribution in [2.24, 2.45) is 11.8 Å². The van der Waals surface area contributed by atoms with Crippen LogP contribution in [0.3, 0.4) is 0 Å². The molecule has 2 atom stereocenters. The van der Waals surface area contributed by atoms with Crippen LogP contribution in [0.5, 0.6) is 5.75 Å². The van der Waals surface area contributed by atoms with Crippen LogP contribution in [0.4, 0.5) is 0 Å². The average molecular weight is 305 g/mol. The molecule has 1 aliphatic rings. The van der Waals surface area contributed by atoms with Crippen molar-refractivity contribution in [3.63, 3.8) is 0 Å². The van der Waals surface area contributed by atoms with Crippen LogP contribution < -0.4 is 4.74 Å². The van der Waals surface area contributed by atoms with Gasteiger partial charge in [0, 0.05) is 25.2 Å². The van der Waals surface area contributed by atoms with Gasteiger partial charge >= 0.3 is 5.97 Å². The van der Waals surface area contributed by atoms with Crippen molar-refractivity contribution < 1.29 is 14.6 Å². The number of unbranched alkanes of at least 4 members (excludes halogenated alkanes) is 1. The third kappa shape index (κ3) is 4.73. The minimum Gasteiger partial charge on any atom is -0.493 e. The molecule has 1 fully saturated rings. The van der Waals surface area contributed by atoms with Crippen LogP contribution in [-0.2, 0) is 11.3 Å². The summed E-state index contributed by atoms with van der Waals surface area (Å²) in [6, 6.07) is 8.09. The van der Waals surface area contributed by atoms with Gasteiger partial charge < -0.3 is 9.84 Å². The van der Waals surface area contributed by atoms with E-state index in [0.717, 1.165) is 50.3 Å². The highest BCUT2D eigenvalue weighted by Gasteiger charge is 2.29. The SMILES string of the molecule is CCCCOc1ccccc1CN1CC(C)CC(C(=O)O)C1. The first kappa shape index (κ1) is 16.8. The van der Waals surface area contributed by atoms with Gasteiger partial charge in [-0.05, 0) is 24.8 Å². The van der Waals surface area contributed by atoms with E-state index in [9.17, 15) is 9.90 Å². The quantitative estimate of drug-likeness (QED) is 0.784. The van der Waals surface area contributed by atoms with Gasteiger partial charge in [-0.15, -0.1) is 0 Å². The van der Waals surface area contributed by atoms with Crippen molar-refractivity contribution in [1.82, 2.24) is 4.90 Å². The van der Waals surface area contributed by atoms with E-state index in [4.69, 9.17) is 4.74 Å². The standard InChI is InChI=1S/C18H27NO3/c1-3-4-9-22-17-8-6-5-7-15(17)12-19-11-14(2)10-16(13-19)18(20)21/h5-8,14,16H,3-4,9-13H2,1-2H3,(H,20,21). The summed E-state index contributed by atoms with van der Waals surface area (Å²) in [4.78, 5) is 13.5. The Morgan fingerprint density at radius 3 is 2.86 bits per heavy atom. The number of rotatable bonds is 7. The topological polar surface area (TPSA) is 49.8 Å².